The van der Waals surface area contributed by atoms with Crippen molar-refractivity contribution in [2.45, 2.75) is 18.9 Å². The normalized spacial score (nSPS) is 20.4. The van der Waals surface area contributed by atoms with Gasteiger partial charge in [0.2, 0.25) is 5.88 Å². The summed E-state index contributed by atoms with van der Waals surface area (Å²) < 4.78 is 10.5. The molecule has 5 rings (SSSR count). The molecule has 32 heavy (non-hydrogen) atoms. The molecule has 0 radical (unpaired) electrons. The van der Waals surface area contributed by atoms with Gasteiger partial charge in [-0.1, -0.05) is 0 Å². The number of benzene rings is 1. The second kappa shape index (κ2) is 9.17. The quantitative estimate of drug-likeness (QED) is 0.632. The Kier molecular flexibility index (Phi) is 5.95. The highest BCUT2D eigenvalue weighted by Crippen LogP contribution is 2.33. The van der Waals surface area contributed by atoms with Crippen LogP contribution in [0.1, 0.15) is 24.6 Å². The molecule has 1 aromatic carbocycles. The smallest absolute Gasteiger partial charge is 0.233 e. The van der Waals surface area contributed by atoms with Crippen molar-refractivity contribution in [2.24, 2.45) is 5.92 Å². The maximum Gasteiger partial charge on any atom is 0.233 e. The zero-order chi connectivity index (χ0) is 21.9. The van der Waals surface area contributed by atoms with Crippen LogP contribution in [0.4, 0.5) is 11.5 Å². The van der Waals surface area contributed by atoms with E-state index in [2.05, 4.69) is 53.6 Å². The molecule has 3 aromatic rings. The largest absolute Gasteiger partial charge is 0.480 e. The molecule has 2 aromatic heterocycles. The number of anilines is 2. The third-order valence-corrected chi connectivity index (χ3v) is 6.27. The number of piperidine rings is 1. The lowest BCUT2D eigenvalue weighted by Gasteiger charge is -2.35. The molecule has 2 fully saturated rings. The maximum atomic E-state index is 10.9. The van der Waals surface area contributed by atoms with Crippen LogP contribution in [0.25, 0.3) is 10.9 Å². The fourth-order valence-electron chi connectivity index (χ4n) is 4.51. The highest BCUT2D eigenvalue weighted by Gasteiger charge is 2.30. The molecule has 0 amide bonds. The molecule has 2 aliphatic heterocycles. The molecule has 2 saturated heterocycles. The van der Waals surface area contributed by atoms with Crippen molar-refractivity contribution in [3.63, 3.8) is 0 Å². The number of hydrogen-bond donors (Lipinski definition) is 1. The Hall–Kier alpha value is -3.11. The van der Waals surface area contributed by atoms with Gasteiger partial charge in [-0.3, -0.25) is 0 Å². The number of aromatic nitrogens is 5. The van der Waals surface area contributed by atoms with Crippen LogP contribution >= 0.6 is 0 Å². The van der Waals surface area contributed by atoms with Gasteiger partial charge >= 0.3 is 0 Å². The fraction of sp³-hybridized carbons (Fsp3) is 0.500. The van der Waals surface area contributed by atoms with E-state index >= 15 is 0 Å². The Morgan fingerprint density at radius 2 is 1.91 bits per heavy atom. The van der Waals surface area contributed by atoms with Crippen molar-refractivity contribution < 1.29 is 14.6 Å². The van der Waals surface area contributed by atoms with Gasteiger partial charge in [-0.05, 0) is 42.3 Å². The molecular formula is C22H27N7O3. The standard InChI is InChI=1S/C22H27N7O3/c1-31-20-7-6-18(23-25-20)21(30)15-3-2-8-29(14-15)22-17-5-4-16(13-19(17)24-27-26-22)28-9-11-32-12-10-28/h4-7,13,15,21,30H,2-3,8-12,14H2,1H3/t15?,21-/m0/s1. The summed E-state index contributed by atoms with van der Waals surface area (Å²) in [6.45, 7) is 4.74. The van der Waals surface area contributed by atoms with Crippen molar-refractivity contribution in [3.05, 3.63) is 36.0 Å². The lowest BCUT2D eigenvalue weighted by Crippen LogP contribution is -2.39. The first-order valence-corrected chi connectivity index (χ1v) is 11.0. The first kappa shape index (κ1) is 20.8. The number of aliphatic hydroxyl groups is 1. The topological polar surface area (TPSA) is 110 Å². The van der Waals surface area contributed by atoms with E-state index in [4.69, 9.17) is 9.47 Å². The highest BCUT2D eigenvalue weighted by molar-refractivity contribution is 5.91. The van der Waals surface area contributed by atoms with Crippen molar-refractivity contribution >= 4 is 22.4 Å². The predicted octanol–water partition coefficient (Wildman–Crippen LogP) is 1.61. The van der Waals surface area contributed by atoms with E-state index in [-0.39, 0.29) is 5.92 Å². The molecule has 0 spiro atoms. The predicted molar refractivity (Wildman–Crippen MR) is 119 cm³/mol. The maximum absolute atomic E-state index is 10.9. The van der Waals surface area contributed by atoms with Crippen LogP contribution in [-0.2, 0) is 4.74 Å². The van der Waals surface area contributed by atoms with Crippen molar-refractivity contribution in [1.29, 1.82) is 0 Å². The molecule has 10 nitrogen and oxygen atoms in total. The molecule has 168 valence electrons. The van der Waals surface area contributed by atoms with Crippen LogP contribution in [0.2, 0.25) is 0 Å². The van der Waals surface area contributed by atoms with E-state index in [1.165, 1.54) is 0 Å². The Labute approximate surface area is 186 Å². The SMILES string of the molecule is COc1ccc([C@@H](O)C2CCCN(c3nnnc4cc(N5CCOCC5)ccc34)C2)nn1. The van der Waals surface area contributed by atoms with Gasteiger partial charge in [0.15, 0.2) is 5.82 Å². The number of ether oxygens (including phenoxy) is 2. The van der Waals surface area contributed by atoms with Gasteiger partial charge in [0.05, 0.1) is 26.0 Å². The third-order valence-electron chi connectivity index (χ3n) is 6.27. The monoisotopic (exact) mass is 437 g/mol. The summed E-state index contributed by atoms with van der Waals surface area (Å²) >= 11 is 0. The van der Waals surface area contributed by atoms with Crippen molar-refractivity contribution in [3.8, 4) is 5.88 Å². The minimum Gasteiger partial charge on any atom is -0.480 e. The molecule has 4 heterocycles. The lowest BCUT2D eigenvalue weighted by molar-refractivity contribution is 0.0930. The molecule has 2 aliphatic rings. The van der Waals surface area contributed by atoms with E-state index in [0.29, 0.717) is 18.1 Å². The first-order valence-electron chi connectivity index (χ1n) is 11.0. The molecular weight excluding hydrogens is 410 g/mol. The summed E-state index contributed by atoms with van der Waals surface area (Å²) in [5, 5.41) is 32.7. The van der Waals surface area contributed by atoms with Crippen LogP contribution < -0.4 is 14.5 Å². The minimum absolute atomic E-state index is 0.0177. The highest BCUT2D eigenvalue weighted by atomic mass is 16.5. The number of nitrogens with zero attached hydrogens (tertiary/aromatic N) is 7. The number of rotatable bonds is 5. The summed E-state index contributed by atoms with van der Waals surface area (Å²) in [4.78, 5) is 4.49. The van der Waals surface area contributed by atoms with E-state index < -0.39 is 6.10 Å². The lowest BCUT2D eigenvalue weighted by atomic mass is 9.90. The molecule has 1 unspecified atom stereocenters. The molecule has 2 atom stereocenters. The van der Waals surface area contributed by atoms with Crippen LogP contribution in [0.3, 0.4) is 0 Å². The van der Waals surface area contributed by atoms with E-state index in [9.17, 15) is 5.11 Å². The number of morpholine rings is 1. The zero-order valence-corrected chi connectivity index (χ0v) is 18.1. The van der Waals surface area contributed by atoms with Gasteiger partial charge < -0.3 is 24.4 Å². The van der Waals surface area contributed by atoms with Gasteiger partial charge in [-0.25, -0.2) is 0 Å². The van der Waals surface area contributed by atoms with Crippen molar-refractivity contribution in [1.82, 2.24) is 25.6 Å². The summed E-state index contributed by atoms with van der Waals surface area (Å²) in [5.74, 6) is 1.26. The molecule has 10 heteroatoms. The van der Waals surface area contributed by atoms with Gasteiger partial charge in [0, 0.05) is 49.2 Å². The Morgan fingerprint density at radius 3 is 2.69 bits per heavy atom. The van der Waals surface area contributed by atoms with Gasteiger partial charge in [0.25, 0.3) is 0 Å². The van der Waals surface area contributed by atoms with Crippen LogP contribution in [0.5, 0.6) is 5.88 Å². The van der Waals surface area contributed by atoms with Gasteiger partial charge in [-0.15, -0.1) is 20.4 Å². The van der Waals surface area contributed by atoms with Crippen LogP contribution in [-0.4, -0.2) is 77.2 Å². The Bertz CT molecular complexity index is 1060. The van der Waals surface area contributed by atoms with Crippen LogP contribution in [0, 0.1) is 5.92 Å². The Balaban J connectivity index is 1.36. The van der Waals surface area contributed by atoms with Gasteiger partial charge in [0.1, 0.15) is 11.6 Å². The first-order chi connectivity index (χ1) is 15.7. The summed E-state index contributed by atoms with van der Waals surface area (Å²) in [5.41, 5.74) is 2.50. The van der Waals surface area contributed by atoms with Gasteiger partial charge in [-0.2, -0.15) is 0 Å². The third kappa shape index (κ3) is 4.15. The summed E-state index contributed by atoms with van der Waals surface area (Å²) in [7, 11) is 1.54. The summed E-state index contributed by atoms with van der Waals surface area (Å²) in [6, 6.07) is 9.75. The number of aliphatic hydroxyl groups excluding tert-OH is 1. The molecule has 0 saturated carbocycles. The van der Waals surface area contributed by atoms with Crippen LogP contribution in [0.15, 0.2) is 30.3 Å². The average molecular weight is 438 g/mol. The van der Waals surface area contributed by atoms with E-state index in [0.717, 1.165) is 68.1 Å². The Morgan fingerprint density at radius 1 is 1.03 bits per heavy atom. The molecule has 1 N–H and O–H groups in total. The second-order valence-corrected chi connectivity index (χ2v) is 8.21. The summed E-state index contributed by atoms with van der Waals surface area (Å²) in [6.07, 6.45) is 1.15. The number of fused-ring (bicyclic) bond motifs is 1. The zero-order valence-electron chi connectivity index (χ0n) is 18.1. The molecule has 0 aliphatic carbocycles. The fourth-order valence-corrected chi connectivity index (χ4v) is 4.51. The molecule has 0 bridgehead atoms. The van der Waals surface area contributed by atoms with E-state index in [1.807, 2.05) is 0 Å². The second-order valence-electron chi connectivity index (χ2n) is 8.21. The number of hydrogen-bond acceptors (Lipinski definition) is 10. The average Bonchev–Trinajstić information content (AvgIpc) is 2.88. The van der Waals surface area contributed by atoms with Crippen molar-refractivity contribution in [2.75, 3.05) is 56.3 Å². The van der Waals surface area contributed by atoms with E-state index in [1.54, 1.807) is 19.2 Å². The number of methoxy groups -OCH3 is 1. The minimum atomic E-state index is -0.704.